The third kappa shape index (κ3) is 3.23. The van der Waals surface area contributed by atoms with Gasteiger partial charge in [-0.05, 0) is 17.2 Å². The van der Waals surface area contributed by atoms with Crippen LogP contribution in [-0.2, 0) is 21.4 Å². The Bertz CT molecular complexity index is 793. The van der Waals surface area contributed by atoms with Crippen molar-refractivity contribution in [3.8, 4) is 0 Å². The third-order valence-electron chi connectivity index (χ3n) is 4.45. The summed E-state index contributed by atoms with van der Waals surface area (Å²) in [6, 6.07) is 16.6. The van der Waals surface area contributed by atoms with E-state index in [1.807, 2.05) is 36.4 Å². The van der Waals surface area contributed by atoms with Crippen LogP contribution in [0.5, 0.6) is 0 Å². The molecule has 0 saturated carbocycles. The van der Waals surface area contributed by atoms with Gasteiger partial charge in [0, 0.05) is 32.2 Å². The summed E-state index contributed by atoms with van der Waals surface area (Å²) in [5.41, 5.74) is 7.98. The van der Waals surface area contributed by atoms with Crippen molar-refractivity contribution in [2.24, 2.45) is 5.73 Å². The van der Waals surface area contributed by atoms with Gasteiger partial charge in [0.25, 0.3) is 0 Å². The Kier molecular flexibility index (Phi) is 5.01. The minimum atomic E-state index is -3.59. The van der Waals surface area contributed by atoms with Crippen molar-refractivity contribution in [3.63, 3.8) is 0 Å². The Morgan fingerprint density at radius 3 is 2.46 bits per heavy atom. The van der Waals surface area contributed by atoms with Crippen LogP contribution >= 0.6 is 0 Å². The minimum Gasteiger partial charge on any atom is -0.380 e. The van der Waals surface area contributed by atoms with Gasteiger partial charge < -0.3 is 10.5 Å². The molecule has 3 rings (SSSR count). The number of hydrogen-bond acceptors (Lipinski definition) is 4. The minimum absolute atomic E-state index is 0.00978. The number of benzene rings is 2. The first-order chi connectivity index (χ1) is 11.5. The molecule has 24 heavy (non-hydrogen) atoms. The number of nitrogens with zero attached hydrogens (tertiary/aromatic N) is 1. The van der Waals surface area contributed by atoms with Crippen molar-refractivity contribution < 1.29 is 13.2 Å². The molecule has 1 aliphatic heterocycles. The quantitative estimate of drug-likeness (QED) is 0.898. The van der Waals surface area contributed by atoms with Gasteiger partial charge in [-0.2, -0.15) is 4.31 Å². The Labute approximate surface area is 143 Å². The number of nitrogens with two attached hydrogens (primary N) is 1. The lowest BCUT2D eigenvalue weighted by atomic mass is 9.95. The molecule has 6 heteroatoms. The van der Waals surface area contributed by atoms with Crippen molar-refractivity contribution in [1.82, 2.24) is 4.31 Å². The molecule has 0 aromatic heterocycles. The highest BCUT2D eigenvalue weighted by molar-refractivity contribution is 7.89. The number of hydrogen-bond donors (Lipinski definition) is 1. The van der Waals surface area contributed by atoms with E-state index < -0.39 is 10.0 Å². The number of sulfonamides is 1. The van der Waals surface area contributed by atoms with Gasteiger partial charge in [0.05, 0.1) is 11.5 Å². The molecule has 2 N–H and O–H groups in total. The smallest absolute Gasteiger partial charge is 0.243 e. The molecule has 0 amide bonds. The van der Waals surface area contributed by atoms with Crippen molar-refractivity contribution >= 4 is 10.0 Å². The lowest BCUT2D eigenvalue weighted by molar-refractivity contribution is 0.182. The second-order valence-corrected chi connectivity index (χ2v) is 7.95. The summed E-state index contributed by atoms with van der Waals surface area (Å²) in [5, 5.41) is 0. The summed E-state index contributed by atoms with van der Waals surface area (Å²) in [5.74, 6) is 0.00978. The zero-order valence-corrected chi connectivity index (χ0v) is 14.4. The van der Waals surface area contributed by atoms with E-state index >= 15 is 0 Å². The SMILES string of the molecule is COCc1ccccc1S(=O)(=O)N1C[C@@H](N)[C@H](c2ccccc2)C1. The Morgan fingerprint density at radius 1 is 1.08 bits per heavy atom. The largest absolute Gasteiger partial charge is 0.380 e. The van der Waals surface area contributed by atoms with Gasteiger partial charge in [-0.25, -0.2) is 8.42 Å². The molecule has 5 nitrogen and oxygen atoms in total. The maximum absolute atomic E-state index is 13.1. The third-order valence-corrected chi connectivity index (χ3v) is 6.38. The molecule has 0 aliphatic carbocycles. The average Bonchev–Trinajstić information content (AvgIpc) is 2.99. The molecule has 1 saturated heterocycles. The standard InChI is InChI=1S/C18H22N2O3S/c1-23-13-15-9-5-6-10-18(15)24(21,22)20-11-16(17(19)12-20)14-7-3-2-4-8-14/h2-10,16-17H,11-13,19H2,1H3/t16-,17+/m0/s1. The molecule has 1 fully saturated rings. The number of methoxy groups -OCH3 is 1. The van der Waals surface area contributed by atoms with Gasteiger partial charge in [0.1, 0.15) is 0 Å². The fourth-order valence-electron chi connectivity index (χ4n) is 3.21. The molecular formula is C18H22N2O3S. The highest BCUT2D eigenvalue weighted by Gasteiger charge is 2.38. The first-order valence-corrected chi connectivity index (χ1v) is 9.35. The van der Waals surface area contributed by atoms with Crippen LogP contribution in [0.4, 0.5) is 0 Å². The van der Waals surface area contributed by atoms with Gasteiger partial charge in [-0.15, -0.1) is 0 Å². The Morgan fingerprint density at radius 2 is 1.75 bits per heavy atom. The molecule has 0 spiro atoms. The van der Waals surface area contributed by atoms with Crippen LogP contribution in [0.3, 0.4) is 0 Å². The summed E-state index contributed by atoms with van der Waals surface area (Å²) in [6.45, 7) is 0.982. The lowest BCUT2D eigenvalue weighted by Gasteiger charge is -2.18. The fourth-order valence-corrected chi connectivity index (χ4v) is 4.92. The van der Waals surface area contributed by atoms with Crippen molar-refractivity contribution in [1.29, 1.82) is 0 Å². The molecule has 1 aliphatic rings. The van der Waals surface area contributed by atoms with E-state index in [2.05, 4.69) is 0 Å². The van der Waals surface area contributed by atoms with Crippen LogP contribution in [0.2, 0.25) is 0 Å². The fraction of sp³-hybridized carbons (Fsp3) is 0.333. The van der Waals surface area contributed by atoms with Crippen LogP contribution in [0.1, 0.15) is 17.0 Å². The van der Waals surface area contributed by atoms with E-state index in [4.69, 9.17) is 10.5 Å². The van der Waals surface area contributed by atoms with Gasteiger partial charge in [0.15, 0.2) is 0 Å². The normalized spacial score (nSPS) is 21.9. The molecule has 2 aromatic rings. The zero-order chi connectivity index (χ0) is 17.2. The first kappa shape index (κ1) is 17.1. The number of rotatable bonds is 5. The Balaban J connectivity index is 1.89. The second kappa shape index (κ2) is 7.03. The van der Waals surface area contributed by atoms with Crippen molar-refractivity contribution in [2.75, 3.05) is 20.2 Å². The predicted octanol–water partition coefficient (Wildman–Crippen LogP) is 1.95. The molecular weight excluding hydrogens is 324 g/mol. The topological polar surface area (TPSA) is 72.6 Å². The average molecular weight is 346 g/mol. The van der Waals surface area contributed by atoms with E-state index in [1.165, 1.54) is 4.31 Å². The second-order valence-electron chi connectivity index (χ2n) is 6.04. The first-order valence-electron chi connectivity index (χ1n) is 7.91. The summed E-state index contributed by atoms with van der Waals surface area (Å²) in [6.07, 6.45) is 0. The Hall–Kier alpha value is -1.73. The van der Waals surface area contributed by atoms with Crippen molar-refractivity contribution in [2.45, 2.75) is 23.5 Å². The van der Waals surface area contributed by atoms with Gasteiger partial charge in [0.2, 0.25) is 10.0 Å². The van der Waals surface area contributed by atoms with E-state index in [1.54, 1.807) is 25.3 Å². The monoisotopic (exact) mass is 346 g/mol. The predicted molar refractivity (Wildman–Crippen MR) is 93.1 cm³/mol. The van der Waals surface area contributed by atoms with Crippen molar-refractivity contribution in [3.05, 3.63) is 65.7 Å². The highest BCUT2D eigenvalue weighted by Crippen LogP contribution is 2.31. The maximum Gasteiger partial charge on any atom is 0.243 e. The molecule has 2 atom stereocenters. The molecule has 1 heterocycles. The van der Waals surface area contributed by atoms with Gasteiger partial charge >= 0.3 is 0 Å². The van der Waals surface area contributed by atoms with E-state index in [0.29, 0.717) is 23.5 Å². The zero-order valence-electron chi connectivity index (χ0n) is 13.6. The highest BCUT2D eigenvalue weighted by atomic mass is 32.2. The number of ether oxygens (including phenoxy) is 1. The summed E-state index contributed by atoms with van der Waals surface area (Å²) >= 11 is 0. The van der Waals surface area contributed by atoms with Crippen LogP contribution in [0, 0.1) is 0 Å². The van der Waals surface area contributed by atoms with E-state index in [-0.39, 0.29) is 18.6 Å². The molecule has 2 aromatic carbocycles. The maximum atomic E-state index is 13.1. The summed E-state index contributed by atoms with van der Waals surface area (Å²) < 4.78 is 32.8. The van der Waals surface area contributed by atoms with E-state index in [9.17, 15) is 8.42 Å². The summed E-state index contributed by atoms with van der Waals surface area (Å²) in [4.78, 5) is 0.299. The van der Waals surface area contributed by atoms with Gasteiger partial charge in [-0.1, -0.05) is 48.5 Å². The van der Waals surface area contributed by atoms with E-state index in [0.717, 1.165) is 5.56 Å². The van der Waals surface area contributed by atoms with Crippen LogP contribution in [-0.4, -0.2) is 39.0 Å². The summed E-state index contributed by atoms with van der Waals surface area (Å²) in [7, 11) is -2.04. The molecule has 128 valence electrons. The van der Waals surface area contributed by atoms with Crippen LogP contribution in [0.15, 0.2) is 59.5 Å². The molecule has 0 radical (unpaired) electrons. The van der Waals surface area contributed by atoms with Crippen LogP contribution < -0.4 is 5.73 Å². The molecule has 0 bridgehead atoms. The van der Waals surface area contributed by atoms with Gasteiger partial charge in [-0.3, -0.25) is 0 Å². The lowest BCUT2D eigenvalue weighted by Crippen LogP contribution is -2.32. The van der Waals surface area contributed by atoms with Crippen LogP contribution in [0.25, 0.3) is 0 Å². The molecule has 0 unspecified atom stereocenters.